The third-order valence-corrected chi connectivity index (χ3v) is 12.3. The number of nitrogens with zero attached hydrogens (tertiary/aromatic N) is 5. The SMILES string of the molecule is Nc1c(Br)cc(C[C@@H](OC(=O)N2CCC(N3Cc4cscc4NC3=O)CC2)C(=O)N2CCN(C3CN4CCC3CC4)CC2)cc1C(F)(F)F. The van der Waals surface area contributed by atoms with Crippen LogP contribution < -0.4 is 11.1 Å². The Morgan fingerprint density at radius 1 is 1.00 bits per heavy atom. The van der Waals surface area contributed by atoms with E-state index in [1.165, 1.54) is 35.1 Å². The lowest BCUT2D eigenvalue weighted by Gasteiger charge is -2.51. The van der Waals surface area contributed by atoms with Gasteiger partial charge in [-0.1, -0.05) is 0 Å². The summed E-state index contributed by atoms with van der Waals surface area (Å²) in [4.78, 5) is 50.3. The Labute approximate surface area is 295 Å². The highest BCUT2D eigenvalue weighted by Gasteiger charge is 2.41. The lowest BCUT2D eigenvalue weighted by Crippen LogP contribution is -2.62. The second kappa shape index (κ2) is 13.9. The van der Waals surface area contributed by atoms with E-state index in [4.69, 9.17) is 10.5 Å². The monoisotopic (exact) mass is 767 g/mol. The minimum atomic E-state index is -4.70. The number of halogens is 4. The Hall–Kier alpha value is -3.08. The summed E-state index contributed by atoms with van der Waals surface area (Å²) in [6.07, 6.45) is -3.52. The predicted octanol–water partition coefficient (Wildman–Crippen LogP) is 4.91. The molecule has 16 heteroatoms. The summed E-state index contributed by atoms with van der Waals surface area (Å²) in [5, 5.41) is 6.85. The second-order valence-corrected chi connectivity index (χ2v) is 15.4. The molecule has 2 bridgehead atoms. The van der Waals surface area contributed by atoms with E-state index in [1.54, 1.807) is 9.80 Å². The summed E-state index contributed by atoms with van der Waals surface area (Å²) in [6, 6.07) is 2.59. The van der Waals surface area contributed by atoms with Gasteiger partial charge in [0, 0.05) is 79.7 Å². The Morgan fingerprint density at radius 2 is 1.71 bits per heavy atom. The number of benzene rings is 1. The van der Waals surface area contributed by atoms with Gasteiger partial charge in [0.05, 0.1) is 23.5 Å². The van der Waals surface area contributed by atoms with Crippen LogP contribution in [0.5, 0.6) is 0 Å². The highest BCUT2D eigenvalue weighted by Crippen LogP contribution is 2.39. The number of rotatable bonds is 6. The van der Waals surface area contributed by atoms with Crippen molar-refractivity contribution >= 4 is 56.7 Å². The molecular formula is C33H41BrF3N7O4S. The Morgan fingerprint density at radius 3 is 2.37 bits per heavy atom. The minimum Gasteiger partial charge on any atom is -0.436 e. The molecule has 2 atom stereocenters. The molecule has 49 heavy (non-hydrogen) atoms. The van der Waals surface area contributed by atoms with E-state index in [2.05, 4.69) is 31.0 Å². The van der Waals surface area contributed by atoms with Crippen molar-refractivity contribution in [2.45, 2.75) is 63.0 Å². The maximum absolute atomic E-state index is 14.0. The molecule has 5 saturated heterocycles. The summed E-state index contributed by atoms with van der Waals surface area (Å²) in [5.41, 5.74) is 6.35. The molecule has 7 heterocycles. The van der Waals surface area contributed by atoms with Gasteiger partial charge in [-0.05, 0) is 83.7 Å². The number of fused-ring (bicyclic) bond motifs is 4. The van der Waals surface area contributed by atoms with Crippen molar-refractivity contribution in [2.75, 3.05) is 70.0 Å². The summed E-state index contributed by atoms with van der Waals surface area (Å²) >= 11 is 4.67. The van der Waals surface area contributed by atoms with Crippen LogP contribution in [-0.4, -0.2) is 120 Å². The molecule has 8 rings (SSSR count). The van der Waals surface area contributed by atoms with Crippen LogP contribution in [0.4, 0.5) is 34.1 Å². The second-order valence-electron chi connectivity index (χ2n) is 13.8. The van der Waals surface area contributed by atoms with Crippen LogP contribution in [0.3, 0.4) is 0 Å². The van der Waals surface area contributed by atoms with E-state index in [9.17, 15) is 27.6 Å². The van der Waals surface area contributed by atoms with Crippen molar-refractivity contribution in [1.82, 2.24) is 24.5 Å². The standard InChI is InChI=1S/C33H41BrF3N7O4S/c34-25-14-20(13-24(29(25)38)33(35,36)37)15-28(30(45)42-11-9-41(10-12-42)27-17-40-5-1-21(27)2-6-40)48-32(47)43-7-3-23(4-8-43)44-16-22-18-49-19-26(22)39-31(44)46/h13-14,18-19,21,23,27-28H,1-12,15-17,38H2,(H,39,46)/t27?,28-/m1/s1. The number of carbonyl (C=O) groups excluding carboxylic acids is 3. The number of piperazine rings is 1. The smallest absolute Gasteiger partial charge is 0.418 e. The molecule has 266 valence electrons. The number of nitrogens with two attached hydrogens (primary N) is 1. The molecule has 1 aromatic heterocycles. The zero-order valence-electron chi connectivity index (χ0n) is 27.1. The zero-order valence-corrected chi connectivity index (χ0v) is 29.5. The third-order valence-electron chi connectivity index (χ3n) is 10.9. The van der Waals surface area contributed by atoms with Gasteiger partial charge < -0.3 is 35.4 Å². The van der Waals surface area contributed by atoms with Crippen LogP contribution in [0, 0.1) is 5.92 Å². The van der Waals surface area contributed by atoms with E-state index in [0.29, 0.717) is 70.6 Å². The Bertz CT molecular complexity index is 1570. The Kier molecular flexibility index (Phi) is 9.76. The van der Waals surface area contributed by atoms with Crippen LogP contribution in [0.25, 0.3) is 0 Å². The molecule has 4 amide bonds. The number of urea groups is 1. The highest BCUT2D eigenvalue weighted by molar-refractivity contribution is 9.10. The number of thiophene rings is 1. The normalized spacial score (nSPS) is 25.6. The average Bonchev–Trinajstić information content (AvgIpc) is 3.56. The maximum atomic E-state index is 14.0. The topological polar surface area (TPSA) is 115 Å². The molecule has 11 nitrogen and oxygen atoms in total. The first-order valence-electron chi connectivity index (χ1n) is 16.9. The van der Waals surface area contributed by atoms with Gasteiger partial charge in [-0.2, -0.15) is 13.2 Å². The lowest BCUT2D eigenvalue weighted by molar-refractivity contribution is -0.143. The van der Waals surface area contributed by atoms with Crippen molar-refractivity contribution in [1.29, 1.82) is 0 Å². The van der Waals surface area contributed by atoms with Gasteiger partial charge in [0.15, 0.2) is 6.10 Å². The van der Waals surface area contributed by atoms with Crippen LogP contribution in [0.2, 0.25) is 0 Å². The molecule has 3 N–H and O–H groups in total. The summed E-state index contributed by atoms with van der Waals surface area (Å²) < 4.78 is 47.5. The molecule has 0 spiro atoms. The molecular weight excluding hydrogens is 727 g/mol. The van der Waals surface area contributed by atoms with Crippen molar-refractivity contribution in [2.24, 2.45) is 5.92 Å². The molecule has 0 aliphatic carbocycles. The number of likely N-dealkylation sites (tertiary alicyclic amines) is 1. The summed E-state index contributed by atoms with van der Waals surface area (Å²) in [5.74, 6) is 0.240. The number of piperidine rings is 4. The van der Waals surface area contributed by atoms with Crippen molar-refractivity contribution in [3.8, 4) is 0 Å². The van der Waals surface area contributed by atoms with Gasteiger partial charge in [0.25, 0.3) is 5.91 Å². The molecule has 0 radical (unpaired) electrons. The van der Waals surface area contributed by atoms with Crippen LogP contribution in [0.1, 0.15) is 42.4 Å². The number of hydrogen-bond acceptors (Lipinski definition) is 8. The number of alkyl halides is 3. The molecule has 0 saturated carbocycles. The van der Waals surface area contributed by atoms with Crippen LogP contribution in [0.15, 0.2) is 27.4 Å². The van der Waals surface area contributed by atoms with Crippen LogP contribution in [-0.2, 0) is 28.7 Å². The fourth-order valence-corrected chi connectivity index (χ4v) is 9.38. The molecule has 1 unspecified atom stereocenters. The first-order chi connectivity index (χ1) is 23.4. The zero-order chi connectivity index (χ0) is 34.4. The van der Waals surface area contributed by atoms with E-state index in [-0.39, 0.29) is 28.5 Å². The number of anilines is 2. The number of hydrogen-bond donors (Lipinski definition) is 2. The fourth-order valence-electron chi connectivity index (χ4n) is 8.09. The van der Waals surface area contributed by atoms with E-state index < -0.39 is 35.5 Å². The molecule has 5 fully saturated rings. The van der Waals surface area contributed by atoms with Crippen molar-refractivity contribution in [3.63, 3.8) is 0 Å². The lowest BCUT2D eigenvalue weighted by atomic mass is 9.83. The predicted molar refractivity (Wildman–Crippen MR) is 182 cm³/mol. The van der Waals surface area contributed by atoms with Gasteiger partial charge in [-0.3, -0.25) is 9.69 Å². The first kappa shape index (κ1) is 34.4. The molecule has 6 aliphatic heterocycles. The van der Waals surface area contributed by atoms with Gasteiger partial charge in [0.1, 0.15) is 0 Å². The Balaban J connectivity index is 1.03. The van der Waals surface area contributed by atoms with Crippen LogP contribution >= 0.6 is 27.3 Å². The number of nitrogen functional groups attached to an aromatic ring is 1. The number of ether oxygens (including phenoxy) is 1. The number of nitrogens with one attached hydrogen (secondary N) is 1. The summed E-state index contributed by atoms with van der Waals surface area (Å²) in [6.45, 7) is 6.74. The fraction of sp³-hybridized carbons (Fsp3) is 0.606. The van der Waals surface area contributed by atoms with Crippen molar-refractivity contribution < 1.29 is 32.3 Å². The molecule has 1 aromatic carbocycles. The van der Waals surface area contributed by atoms with Gasteiger partial charge >= 0.3 is 18.3 Å². The third kappa shape index (κ3) is 7.24. The van der Waals surface area contributed by atoms with E-state index >= 15 is 0 Å². The average molecular weight is 769 g/mol. The van der Waals surface area contributed by atoms with Gasteiger partial charge in [0.2, 0.25) is 0 Å². The summed E-state index contributed by atoms with van der Waals surface area (Å²) in [7, 11) is 0. The number of carbonyl (C=O) groups is 3. The maximum Gasteiger partial charge on any atom is 0.418 e. The highest BCUT2D eigenvalue weighted by atomic mass is 79.9. The van der Waals surface area contributed by atoms with E-state index in [0.717, 1.165) is 37.0 Å². The van der Waals surface area contributed by atoms with Crippen molar-refractivity contribution in [3.05, 3.63) is 44.1 Å². The first-order valence-corrected chi connectivity index (χ1v) is 18.7. The minimum absolute atomic E-state index is 0.0550. The van der Waals surface area contributed by atoms with E-state index in [1.807, 2.05) is 10.8 Å². The molecule has 2 aromatic rings. The quantitative estimate of drug-likeness (QED) is 0.402. The van der Waals surface area contributed by atoms with Gasteiger partial charge in [-0.25, -0.2) is 9.59 Å². The molecule has 6 aliphatic rings. The number of amides is 4. The largest absolute Gasteiger partial charge is 0.436 e. The van der Waals surface area contributed by atoms with Gasteiger partial charge in [-0.15, -0.1) is 11.3 Å².